The quantitative estimate of drug-likeness (QED) is 0.814. The second-order valence-corrected chi connectivity index (χ2v) is 6.73. The molecule has 0 radical (unpaired) electrons. The maximum atomic E-state index is 12.4. The standard InChI is InChI=1S/C17H24N4O/c1-11-6-7-13-14(9-11)21-15(20-13)10-19-16(22)12-5-3-4-8-17(12,2)18/h6-7,9,12H,3-5,8,10,18H2,1-2H3,(H,19,22)(H,20,21). The summed E-state index contributed by atoms with van der Waals surface area (Å²) in [5.74, 6) is 0.720. The number of benzene rings is 1. The van der Waals surface area contributed by atoms with Gasteiger partial charge in [-0.3, -0.25) is 4.79 Å². The summed E-state index contributed by atoms with van der Waals surface area (Å²) in [6.45, 7) is 4.45. The third-order valence-corrected chi connectivity index (χ3v) is 4.69. The van der Waals surface area contributed by atoms with E-state index >= 15 is 0 Å². The van der Waals surface area contributed by atoms with Gasteiger partial charge in [0, 0.05) is 5.54 Å². The molecule has 5 nitrogen and oxygen atoms in total. The van der Waals surface area contributed by atoms with E-state index in [2.05, 4.69) is 21.4 Å². The average molecular weight is 300 g/mol. The first-order chi connectivity index (χ1) is 10.5. The molecule has 22 heavy (non-hydrogen) atoms. The molecule has 1 saturated carbocycles. The number of nitrogens with zero attached hydrogens (tertiary/aromatic N) is 1. The SMILES string of the molecule is Cc1ccc2nc(CNC(=O)C3CCCCC3(C)N)[nH]c2c1. The highest BCUT2D eigenvalue weighted by molar-refractivity contribution is 5.80. The van der Waals surface area contributed by atoms with Gasteiger partial charge in [0.25, 0.3) is 0 Å². The summed E-state index contributed by atoms with van der Waals surface area (Å²) >= 11 is 0. The van der Waals surface area contributed by atoms with Gasteiger partial charge in [-0.1, -0.05) is 18.9 Å². The zero-order valence-corrected chi connectivity index (χ0v) is 13.3. The molecule has 118 valence electrons. The fourth-order valence-electron chi connectivity index (χ4n) is 3.34. The van der Waals surface area contributed by atoms with E-state index < -0.39 is 5.54 Å². The second-order valence-electron chi connectivity index (χ2n) is 6.73. The van der Waals surface area contributed by atoms with Crippen LogP contribution < -0.4 is 11.1 Å². The minimum absolute atomic E-state index is 0.0429. The van der Waals surface area contributed by atoms with Crippen molar-refractivity contribution in [1.82, 2.24) is 15.3 Å². The second kappa shape index (κ2) is 5.72. The molecular formula is C17H24N4O. The van der Waals surface area contributed by atoms with Crippen LogP contribution in [0.4, 0.5) is 0 Å². The number of aromatic nitrogens is 2. The molecule has 1 aliphatic rings. The number of H-pyrrole nitrogens is 1. The lowest BCUT2D eigenvalue weighted by Crippen LogP contribution is -2.52. The van der Waals surface area contributed by atoms with Crippen LogP contribution in [-0.2, 0) is 11.3 Å². The Morgan fingerprint density at radius 2 is 2.32 bits per heavy atom. The molecule has 2 unspecified atom stereocenters. The van der Waals surface area contributed by atoms with E-state index in [1.807, 2.05) is 26.0 Å². The Labute approximate surface area is 130 Å². The lowest BCUT2D eigenvalue weighted by Gasteiger charge is -2.37. The number of aromatic amines is 1. The van der Waals surface area contributed by atoms with Crippen LogP contribution in [0.3, 0.4) is 0 Å². The van der Waals surface area contributed by atoms with E-state index in [-0.39, 0.29) is 11.8 Å². The number of amides is 1. The number of fused-ring (bicyclic) bond motifs is 1. The van der Waals surface area contributed by atoms with E-state index in [1.54, 1.807) is 0 Å². The molecule has 2 atom stereocenters. The van der Waals surface area contributed by atoms with Crippen LogP contribution in [0, 0.1) is 12.8 Å². The van der Waals surface area contributed by atoms with Crippen LogP contribution in [0.15, 0.2) is 18.2 Å². The highest BCUT2D eigenvalue weighted by Gasteiger charge is 2.37. The zero-order valence-electron chi connectivity index (χ0n) is 13.3. The molecule has 5 heteroatoms. The number of nitrogens with one attached hydrogen (secondary N) is 2. The first-order valence-electron chi connectivity index (χ1n) is 7.97. The molecular weight excluding hydrogens is 276 g/mol. The van der Waals surface area contributed by atoms with Gasteiger partial charge in [-0.05, 0) is 44.4 Å². The number of carbonyl (C=O) groups excluding carboxylic acids is 1. The number of aryl methyl sites for hydroxylation is 1. The van der Waals surface area contributed by atoms with Crippen molar-refractivity contribution < 1.29 is 4.79 Å². The summed E-state index contributed by atoms with van der Waals surface area (Å²) in [5.41, 5.74) is 9.01. The normalized spacial score (nSPS) is 25.3. The number of rotatable bonds is 3. The van der Waals surface area contributed by atoms with Crippen molar-refractivity contribution in [3.63, 3.8) is 0 Å². The molecule has 0 aliphatic heterocycles. The summed E-state index contributed by atoms with van der Waals surface area (Å²) in [6, 6.07) is 6.09. The molecule has 0 bridgehead atoms. The highest BCUT2D eigenvalue weighted by atomic mass is 16.1. The Bertz CT molecular complexity index is 689. The monoisotopic (exact) mass is 300 g/mol. The van der Waals surface area contributed by atoms with Gasteiger partial charge in [0.15, 0.2) is 0 Å². The fourth-order valence-corrected chi connectivity index (χ4v) is 3.34. The summed E-state index contributed by atoms with van der Waals surface area (Å²) in [7, 11) is 0. The lowest BCUT2D eigenvalue weighted by molar-refractivity contribution is -0.128. The fraction of sp³-hybridized carbons (Fsp3) is 0.529. The van der Waals surface area contributed by atoms with Gasteiger partial charge in [-0.25, -0.2) is 4.98 Å². The Kier molecular flexibility index (Phi) is 3.91. The Morgan fingerprint density at radius 3 is 3.09 bits per heavy atom. The number of carbonyl (C=O) groups is 1. The van der Waals surface area contributed by atoms with Gasteiger partial charge in [-0.15, -0.1) is 0 Å². The Balaban J connectivity index is 1.66. The zero-order chi connectivity index (χ0) is 15.7. The lowest BCUT2D eigenvalue weighted by atomic mass is 9.74. The molecule has 1 amide bonds. The molecule has 3 rings (SSSR count). The van der Waals surface area contributed by atoms with Crippen LogP contribution in [0.1, 0.15) is 44.0 Å². The number of nitrogens with two attached hydrogens (primary N) is 1. The topological polar surface area (TPSA) is 83.8 Å². The number of hydrogen-bond acceptors (Lipinski definition) is 3. The summed E-state index contributed by atoms with van der Waals surface area (Å²) in [5, 5.41) is 2.99. The number of imidazole rings is 1. The third-order valence-electron chi connectivity index (χ3n) is 4.69. The summed E-state index contributed by atoms with van der Waals surface area (Å²) < 4.78 is 0. The molecule has 1 heterocycles. The molecule has 1 fully saturated rings. The smallest absolute Gasteiger partial charge is 0.225 e. The van der Waals surface area contributed by atoms with Gasteiger partial charge < -0.3 is 16.0 Å². The van der Waals surface area contributed by atoms with Gasteiger partial charge >= 0.3 is 0 Å². The molecule has 4 N–H and O–H groups in total. The van der Waals surface area contributed by atoms with Crippen LogP contribution >= 0.6 is 0 Å². The third kappa shape index (κ3) is 2.99. The summed E-state index contributed by atoms with van der Waals surface area (Å²) in [4.78, 5) is 20.2. The van der Waals surface area contributed by atoms with Crippen LogP contribution in [-0.4, -0.2) is 21.4 Å². The van der Waals surface area contributed by atoms with Crippen LogP contribution in [0.5, 0.6) is 0 Å². The van der Waals surface area contributed by atoms with Crippen LogP contribution in [0.25, 0.3) is 11.0 Å². The molecule has 1 aromatic heterocycles. The summed E-state index contributed by atoms with van der Waals surface area (Å²) in [6.07, 6.45) is 3.97. The average Bonchev–Trinajstić information content (AvgIpc) is 2.86. The van der Waals surface area contributed by atoms with Gasteiger partial charge in [0.1, 0.15) is 5.82 Å². The molecule has 1 aromatic carbocycles. The highest BCUT2D eigenvalue weighted by Crippen LogP contribution is 2.31. The van der Waals surface area contributed by atoms with Gasteiger partial charge in [0.05, 0.1) is 23.5 Å². The predicted molar refractivity (Wildman–Crippen MR) is 87.2 cm³/mol. The van der Waals surface area contributed by atoms with Crippen molar-refractivity contribution >= 4 is 16.9 Å². The largest absolute Gasteiger partial charge is 0.349 e. The Hall–Kier alpha value is -1.88. The van der Waals surface area contributed by atoms with Crippen molar-refractivity contribution in [1.29, 1.82) is 0 Å². The van der Waals surface area contributed by atoms with Crippen molar-refractivity contribution in [2.75, 3.05) is 0 Å². The maximum Gasteiger partial charge on any atom is 0.225 e. The first kappa shape index (κ1) is 15.0. The minimum Gasteiger partial charge on any atom is -0.349 e. The molecule has 2 aromatic rings. The van der Waals surface area contributed by atoms with E-state index in [0.717, 1.165) is 42.5 Å². The predicted octanol–water partition coefficient (Wildman–Crippen LogP) is 2.40. The number of hydrogen-bond donors (Lipinski definition) is 3. The van der Waals surface area contributed by atoms with E-state index in [0.29, 0.717) is 6.54 Å². The van der Waals surface area contributed by atoms with E-state index in [1.165, 1.54) is 5.56 Å². The molecule has 0 saturated heterocycles. The van der Waals surface area contributed by atoms with Crippen molar-refractivity contribution in [3.8, 4) is 0 Å². The maximum absolute atomic E-state index is 12.4. The van der Waals surface area contributed by atoms with Crippen molar-refractivity contribution in [2.45, 2.75) is 51.6 Å². The Morgan fingerprint density at radius 1 is 1.50 bits per heavy atom. The van der Waals surface area contributed by atoms with Gasteiger partial charge in [0.2, 0.25) is 5.91 Å². The van der Waals surface area contributed by atoms with E-state index in [4.69, 9.17) is 5.73 Å². The van der Waals surface area contributed by atoms with Crippen LogP contribution in [0.2, 0.25) is 0 Å². The van der Waals surface area contributed by atoms with Crippen molar-refractivity contribution in [2.24, 2.45) is 11.7 Å². The minimum atomic E-state index is -0.396. The van der Waals surface area contributed by atoms with Crippen molar-refractivity contribution in [3.05, 3.63) is 29.6 Å². The van der Waals surface area contributed by atoms with Gasteiger partial charge in [-0.2, -0.15) is 0 Å². The molecule has 0 spiro atoms. The first-order valence-corrected chi connectivity index (χ1v) is 7.97. The molecule has 1 aliphatic carbocycles. The van der Waals surface area contributed by atoms with E-state index in [9.17, 15) is 4.79 Å².